The first-order valence-electron chi connectivity index (χ1n) is 12.1. The first-order chi connectivity index (χ1) is 17.0. The summed E-state index contributed by atoms with van der Waals surface area (Å²) in [5.41, 5.74) is 3.24. The minimum absolute atomic E-state index is 0.0716. The number of carbonyl (C=O) groups excluding carboxylic acids is 1. The van der Waals surface area contributed by atoms with Crippen LogP contribution < -0.4 is 4.74 Å². The van der Waals surface area contributed by atoms with E-state index in [9.17, 15) is 9.90 Å². The number of benzene rings is 1. The maximum atomic E-state index is 12.7. The van der Waals surface area contributed by atoms with Crippen molar-refractivity contribution < 1.29 is 28.5 Å². The molecule has 3 aliphatic heterocycles. The SMILES string of the molecule is CC[C@@H]1CN2CC[C@@]3(O)C(=Nc4c(-c5ccoc5)ccc(OC)c43)C2C[C@@H]1/C(=C\OC)C(=O)OC. The lowest BCUT2D eigenvalue weighted by molar-refractivity contribution is -0.137. The molecule has 1 N–H and O–H groups in total. The number of methoxy groups -OCH3 is 3. The van der Waals surface area contributed by atoms with E-state index in [1.807, 2.05) is 18.2 Å². The van der Waals surface area contributed by atoms with E-state index in [0.29, 0.717) is 35.4 Å². The third-order valence-corrected chi connectivity index (χ3v) is 7.88. The number of hydrogen-bond acceptors (Lipinski definition) is 8. The maximum Gasteiger partial charge on any atom is 0.337 e. The van der Waals surface area contributed by atoms with Gasteiger partial charge in [0.25, 0.3) is 0 Å². The van der Waals surface area contributed by atoms with Gasteiger partial charge in [0.1, 0.15) is 11.4 Å². The fourth-order valence-corrected chi connectivity index (χ4v) is 6.15. The fourth-order valence-electron chi connectivity index (χ4n) is 6.15. The van der Waals surface area contributed by atoms with Crippen LogP contribution in [0.1, 0.15) is 31.7 Å². The summed E-state index contributed by atoms with van der Waals surface area (Å²) >= 11 is 0. The van der Waals surface area contributed by atoms with E-state index < -0.39 is 5.60 Å². The van der Waals surface area contributed by atoms with Gasteiger partial charge in [-0.1, -0.05) is 13.3 Å². The second kappa shape index (κ2) is 9.17. The molecular weight excluding hydrogens is 448 g/mol. The van der Waals surface area contributed by atoms with Crippen LogP contribution in [0, 0.1) is 11.8 Å². The number of ether oxygens (including phenoxy) is 3. The van der Waals surface area contributed by atoms with Crippen molar-refractivity contribution in [3.8, 4) is 16.9 Å². The van der Waals surface area contributed by atoms with Gasteiger partial charge in [-0.15, -0.1) is 0 Å². The molecule has 4 atom stereocenters. The van der Waals surface area contributed by atoms with Crippen LogP contribution in [-0.4, -0.2) is 62.1 Å². The van der Waals surface area contributed by atoms with Gasteiger partial charge >= 0.3 is 5.97 Å². The van der Waals surface area contributed by atoms with Gasteiger partial charge in [0.05, 0.1) is 68.7 Å². The minimum Gasteiger partial charge on any atom is -0.504 e. The van der Waals surface area contributed by atoms with Gasteiger partial charge in [-0.25, -0.2) is 4.79 Å². The zero-order valence-electron chi connectivity index (χ0n) is 20.6. The number of nitrogens with zero attached hydrogens (tertiary/aromatic N) is 2. The van der Waals surface area contributed by atoms with Crippen LogP contribution in [0.25, 0.3) is 11.1 Å². The largest absolute Gasteiger partial charge is 0.504 e. The van der Waals surface area contributed by atoms with Crippen molar-refractivity contribution in [3.05, 3.63) is 48.1 Å². The van der Waals surface area contributed by atoms with Crippen molar-refractivity contribution in [3.63, 3.8) is 0 Å². The minimum atomic E-state index is -1.23. The average Bonchev–Trinajstić information content (AvgIpc) is 3.52. The lowest BCUT2D eigenvalue weighted by Gasteiger charge is -2.50. The third-order valence-electron chi connectivity index (χ3n) is 7.88. The molecule has 0 aliphatic carbocycles. The number of carbonyl (C=O) groups is 1. The molecule has 2 saturated heterocycles. The second-order valence-electron chi connectivity index (χ2n) is 9.48. The predicted molar refractivity (Wildman–Crippen MR) is 131 cm³/mol. The highest BCUT2D eigenvalue weighted by Gasteiger charge is 2.54. The standard InChI is InChI=1S/C27H32N2O6/c1-5-16-13-29-10-9-27(31)23-22(33-3)7-6-18(17-8-11-35-14-17)24(23)28-25(27)21(29)12-19(16)20(15-32-2)26(30)34-4/h6-8,11,14-16,19,21,31H,5,9-10,12-13H2,1-4H3/b20-15+/t16-,19+,21?,27+/m1/s1. The first-order valence-corrected chi connectivity index (χ1v) is 12.1. The summed E-state index contributed by atoms with van der Waals surface area (Å²) in [5.74, 6) is 0.432. The van der Waals surface area contributed by atoms with Gasteiger partial charge in [0, 0.05) is 24.2 Å². The highest BCUT2D eigenvalue weighted by Crippen LogP contribution is 2.54. The van der Waals surface area contributed by atoms with Crippen molar-refractivity contribution in [2.75, 3.05) is 34.4 Å². The molecule has 8 heteroatoms. The number of piperidine rings is 2. The van der Waals surface area contributed by atoms with Gasteiger partial charge in [-0.05, 0) is 42.9 Å². The van der Waals surface area contributed by atoms with Crippen molar-refractivity contribution in [2.45, 2.75) is 37.8 Å². The Balaban J connectivity index is 1.60. The molecule has 35 heavy (non-hydrogen) atoms. The van der Waals surface area contributed by atoms with Crippen LogP contribution in [0.3, 0.4) is 0 Å². The van der Waals surface area contributed by atoms with Gasteiger partial charge in [-0.2, -0.15) is 0 Å². The van der Waals surface area contributed by atoms with E-state index in [4.69, 9.17) is 23.6 Å². The lowest BCUT2D eigenvalue weighted by atomic mass is 9.70. The molecule has 1 aromatic heterocycles. The molecule has 8 nitrogen and oxygen atoms in total. The highest BCUT2D eigenvalue weighted by molar-refractivity contribution is 6.07. The molecule has 0 spiro atoms. The van der Waals surface area contributed by atoms with Crippen LogP contribution in [0.5, 0.6) is 5.75 Å². The first kappa shape index (κ1) is 23.6. The maximum absolute atomic E-state index is 12.7. The van der Waals surface area contributed by atoms with Crippen molar-refractivity contribution in [1.82, 2.24) is 4.90 Å². The molecular formula is C27H32N2O6. The Morgan fingerprint density at radius 1 is 1.31 bits per heavy atom. The molecule has 4 heterocycles. The summed E-state index contributed by atoms with van der Waals surface area (Å²) in [5, 5.41) is 12.2. The Bertz CT molecular complexity index is 1170. The quantitative estimate of drug-likeness (QED) is 0.379. The van der Waals surface area contributed by atoms with E-state index in [1.165, 1.54) is 13.4 Å². The molecule has 186 valence electrons. The van der Waals surface area contributed by atoms with E-state index >= 15 is 0 Å². The second-order valence-corrected chi connectivity index (χ2v) is 9.48. The predicted octanol–water partition coefficient (Wildman–Crippen LogP) is 4.05. The van der Waals surface area contributed by atoms with E-state index in [0.717, 1.165) is 36.3 Å². The highest BCUT2D eigenvalue weighted by atomic mass is 16.5. The molecule has 0 radical (unpaired) electrons. The Morgan fingerprint density at radius 2 is 2.14 bits per heavy atom. The van der Waals surface area contributed by atoms with Gasteiger partial charge in [-0.3, -0.25) is 9.89 Å². The zero-order chi connectivity index (χ0) is 24.7. The number of rotatable bonds is 6. The van der Waals surface area contributed by atoms with Crippen LogP contribution in [0.4, 0.5) is 5.69 Å². The number of aliphatic imine (C=N–C) groups is 1. The average molecular weight is 481 g/mol. The number of aliphatic hydroxyl groups is 1. The van der Waals surface area contributed by atoms with Crippen LogP contribution in [-0.2, 0) is 19.9 Å². The van der Waals surface area contributed by atoms with Crippen molar-refractivity contribution in [1.29, 1.82) is 0 Å². The fraction of sp³-hybridized carbons (Fsp3) is 0.481. The van der Waals surface area contributed by atoms with E-state index in [-0.39, 0.29) is 23.8 Å². The number of fused-ring (bicyclic) bond motifs is 5. The summed E-state index contributed by atoms with van der Waals surface area (Å²) < 4.78 is 21.4. The Labute approximate surface area is 205 Å². The Kier molecular flexibility index (Phi) is 6.19. The normalized spacial score (nSPS) is 28.0. The molecule has 3 aliphatic rings. The number of furan rings is 1. The van der Waals surface area contributed by atoms with Gasteiger partial charge in [0.2, 0.25) is 0 Å². The summed E-state index contributed by atoms with van der Waals surface area (Å²) in [6.07, 6.45) is 6.91. The molecule has 2 aromatic rings. The molecule has 0 bridgehead atoms. The topological polar surface area (TPSA) is 93.7 Å². The molecule has 1 unspecified atom stereocenters. The molecule has 5 rings (SSSR count). The zero-order valence-corrected chi connectivity index (χ0v) is 20.6. The summed E-state index contributed by atoms with van der Waals surface area (Å²) in [6, 6.07) is 5.61. The monoisotopic (exact) mass is 480 g/mol. The van der Waals surface area contributed by atoms with E-state index in [2.05, 4.69) is 11.8 Å². The van der Waals surface area contributed by atoms with Crippen LogP contribution >= 0.6 is 0 Å². The van der Waals surface area contributed by atoms with Crippen molar-refractivity contribution >= 4 is 17.4 Å². The van der Waals surface area contributed by atoms with Crippen LogP contribution in [0.2, 0.25) is 0 Å². The third kappa shape index (κ3) is 3.67. The lowest BCUT2D eigenvalue weighted by Crippen LogP contribution is -2.60. The van der Waals surface area contributed by atoms with Gasteiger partial charge in [0.15, 0.2) is 0 Å². The molecule has 0 amide bonds. The number of hydrogen-bond donors (Lipinski definition) is 1. The molecule has 2 fully saturated rings. The van der Waals surface area contributed by atoms with E-state index in [1.54, 1.807) is 26.7 Å². The summed E-state index contributed by atoms with van der Waals surface area (Å²) in [6.45, 7) is 3.68. The van der Waals surface area contributed by atoms with Crippen molar-refractivity contribution in [2.24, 2.45) is 16.8 Å². The Morgan fingerprint density at radius 3 is 2.80 bits per heavy atom. The summed E-state index contributed by atoms with van der Waals surface area (Å²) in [4.78, 5) is 20.1. The van der Waals surface area contributed by atoms with Crippen LogP contribution in [0.15, 0.2) is 52.0 Å². The molecule has 0 saturated carbocycles. The Hall–Kier alpha value is -3.10. The number of esters is 1. The smallest absolute Gasteiger partial charge is 0.337 e. The molecule has 1 aromatic carbocycles. The van der Waals surface area contributed by atoms with Gasteiger partial charge < -0.3 is 23.7 Å². The summed E-state index contributed by atoms with van der Waals surface area (Å²) in [7, 11) is 4.55.